The molecule has 1 fully saturated rings. The molecule has 0 bridgehead atoms. The highest BCUT2D eigenvalue weighted by Gasteiger charge is 2.26. The number of pyridine rings is 2. The standard InChI is InChI=1S/C24H29N7O2/c1-24(2,3)33-23(32)31-10-7-19(8-11-31)29-20-12-17(13-25-16-20)18-14-27-22(28-15-18)30-21-6-4-5-9-26-21/h4-6,9,12-16,19,29H,7-8,10-11H2,1-3H3,(H,26,27,28,30). The Morgan fingerprint density at radius 1 is 1.03 bits per heavy atom. The average Bonchev–Trinajstić information content (AvgIpc) is 2.80. The molecule has 172 valence electrons. The van der Waals surface area contributed by atoms with E-state index >= 15 is 0 Å². The van der Waals surface area contributed by atoms with Crippen LogP contribution in [0.5, 0.6) is 0 Å². The lowest BCUT2D eigenvalue weighted by Gasteiger charge is -2.34. The van der Waals surface area contributed by atoms with Gasteiger partial charge in [-0.05, 0) is 51.8 Å². The van der Waals surface area contributed by atoms with Gasteiger partial charge in [0.15, 0.2) is 0 Å². The second kappa shape index (κ2) is 9.81. The number of ether oxygens (including phenoxy) is 1. The van der Waals surface area contributed by atoms with E-state index in [4.69, 9.17) is 4.74 Å². The van der Waals surface area contributed by atoms with Crippen LogP contribution >= 0.6 is 0 Å². The number of nitrogens with zero attached hydrogens (tertiary/aromatic N) is 5. The van der Waals surface area contributed by atoms with Crippen LogP contribution in [0.4, 0.5) is 22.2 Å². The first-order valence-corrected chi connectivity index (χ1v) is 11.1. The number of nitrogens with one attached hydrogen (secondary N) is 2. The Bertz CT molecular complexity index is 1060. The molecule has 0 atom stereocenters. The van der Waals surface area contributed by atoms with Gasteiger partial charge in [0.1, 0.15) is 11.4 Å². The summed E-state index contributed by atoms with van der Waals surface area (Å²) in [5.41, 5.74) is 2.25. The SMILES string of the molecule is CC(C)(C)OC(=O)N1CCC(Nc2cncc(-c3cnc(Nc4ccccn4)nc3)c2)CC1. The molecule has 4 rings (SSSR count). The Kier molecular flexibility index (Phi) is 6.67. The third kappa shape index (κ3) is 6.38. The maximum absolute atomic E-state index is 12.3. The van der Waals surface area contributed by atoms with E-state index in [0.29, 0.717) is 24.9 Å². The van der Waals surface area contributed by atoms with Crippen LogP contribution < -0.4 is 10.6 Å². The van der Waals surface area contributed by atoms with E-state index in [2.05, 4.69) is 30.6 Å². The number of likely N-dealkylation sites (tertiary alicyclic amines) is 1. The number of rotatable bonds is 5. The van der Waals surface area contributed by atoms with Crippen LogP contribution in [0.1, 0.15) is 33.6 Å². The van der Waals surface area contributed by atoms with Crippen molar-refractivity contribution in [1.29, 1.82) is 0 Å². The molecule has 3 aromatic heterocycles. The minimum atomic E-state index is -0.477. The van der Waals surface area contributed by atoms with Crippen molar-refractivity contribution in [1.82, 2.24) is 24.8 Å². The molecular formula is C24H29N7O2. The molecule has 0 unspecified atom stereocenters. The van der Waals surface area contributed by atoms with Crippen molar-refractivity contribution >= 4 is 23.5 Å². The fourth-order valence-corrected chi connectivity index (χ4v) is 3.54. The number of aromatic nitrogens is 4. The van der Waals surface area contributed by atoms with Gasteiger partial charge < -0.3 is 20.3 Å². The van der Waals surface area contributed by atoms with Crippen molar-refractivity contribution in [2.75, 3.05) is 23.7 Å². The van der Waals surface area contributed by atoms with Crippen molar-refractivity contribution < 1.29 is 9.53 Å². The van der Waals surface area contributed by atoms with Gasteiger partial charge >= 0.3 is 6.09 Å². The first kappa shape index (κ1) is 22.4. The van der Waals surface area contributed by atoms with E-state index in [1.807, 2.05) is 51.2 Å². The van der Waals surface area contributed by atoms with Crippen LogP contribution in [0.3, 0.4) is 0 Å². The summed E-state index contributed by atoms with van der Waals surface area (Å²) in [6.07, 6.45) is 10.3. The van der Waals surface area contributed by atoms with Gasteiger partial charge in [-0.3, -0.25) is 4.98 Å². The topological polar surface area (TPSA) is 105 Å². The molecule has 0 aromatic carbocycles. The van der Waals surface area contributed by atoms with Gasteiger partial charge in [-0.1, -0.05) is 6.07 Å². The summed E-state index contributed by atoms with van der Waals surface area (Å²) < 4.78 is 5.47. The summed E-state index contributed by atoms with van der Waals surface area (Å²) in [5, 5.41) is 6.61. The fourth-order valence-electron chi connectivity index (χ4n) is 3.54. The van der Waals surface area contributed by atoms with Crippen molar-refractivity contribution in [2.45, 2.75) is 45.3 Å². The van der Waals surface area contributed by atoms with E-state index < -0.39 is 5.60 Å². The monoisotopic (exact) mass is 447 g/mol. The molecule has 9 heteroatoms. The molecule has 0 spiro atoms. The predicted molar refractivity (Wildman–Crippen MR) is 127 cm³/mol. The Balaban J connectivity index is 1.33. The number of carbonyl (C=O) groups is 1. The molecule has 9 nitrogen and oxygen atoms in total. The second-order valence-corrected chi connectivity index (χ2v) is 8.98. The molecule has 2 N–H and O–H groups in total. The smallest absolute Gasteiger partial charge is 0.410 e. The zero-order valence-corrected chi connectivity index (χ0v) is 19.2. The third-order valence-electron chi connectivity index (χ3n) is 5.15. The highest BCUT2D eigenvalue weighted by Crippen LogP contribution is 2.23. The minimum Gasteiger partial charge on any atom is -0.444 e. The molecule has 1 aliphatic rings. The number of anilines is 3. The zero-order valence-electron chi connectivity index (χ0n) is 19.2. The van der Waals surface area contributed by atoms with E-state index in [0.717, 1.165) is 29.7 Å². The van der Waals surface area contributed by atoms with Crippen LogP contribution in [0.15, 0.2) is 55.2 Å². The predicted octanol–water partition coefficient (Wildman–Crippen LogP) is 4.49. The Hall–Kier alpha value is -3.75. The summed E-state index contributed by atoms with van der Waals surface area (Å²) in [6, 6.07) is 7.91. The zero-order chi connectivity index (χ0) is 23.3. The van der Waals surface area contributed by atoms with E-state index in [9.17, 15) is 4.79 Å². The third-order valence-corrected chi connectivity index (χ3v) is 5.15. The molecule has 3 aromatic rings. The number of hydrogen-bond donors (Lipinski definition) is 2. The largest absolute Gasteiger partial charge is 0.444 e. The molecule has 0 saturated carbocycles. The lowest BCUT2D eigenvalue weighted by molar-refractivity contribution is 0.0210. The normalized spacial score (nSPS) is 14.6. The quantitative estimate of drug-likeness (QED) is 0.589. The Morgan fingerprint density at radius 2 is 1.79 bits per heavy atom. The molecular weight excluding hydrogens is 418 g/mol. The lowest BCUT2D eigenvalue weighted by Crippen LogP contribution is -2.44. The number of amides is 1. The van der Waals surface area contributed by atoms with Gasteiger partial charge in [-0.2, -0.15) is 0 Å². The van der Waals surface area contributed by atoms with Gasteiger partial charge in [0.2, 0.25) is 5.95 Å². The highest BCUT2D eigenvalue weighted by atomic mass is 16.6. The van der Waals surface area contributed by atoms with Crippen LogP contribution in [0.25, 0.3) is 11.1 Å². The molecule has 33 heavy (non-hydrogen) atoms. The van der Waals surface area contributed by atoms with Gasteiger partial charge in [0.25, 0.3) is 0 Å². The Labute approximate surface area is 193 Å². The molecule has 1 saturated heterocycles. The Morgan fingerprint density at radius 3 is 2.45 bits per heavy atom. The minimum absolute atomic E-state index is 0.245. The van der Waals surface area contributed by atoms with Crippen LogP contribution in [-0.4, -0.2) is 55.7 Å². The van der Waals surface area contributed by atoms with Crippen LogP contribution in [-0.2, 0) is 4.74 Å². The molecule has 4 heterocycles. The van der Waals surface area contributed by atoms with Gasteiger partial charge in [-0.25, -0.2) is 19.7 Å². The highest BCUT2D eigenvalue weighted by molar-refractivity contribution is 5.68. The summed E-state index contributed by atoms with van der Waals surface area (Å²) in [6.45, 7) is 6.98. The van der Waals surface area contributed by atoms with Gasteiger partial charge in [0.05, 0.1) is 5.69 Å². The molecule has 1 aliphatic heterocycles. The number of carbonyl (C=O) groups excluding carboxylic acids is 1. The molecule has 0 radical (unpaired) electrons. The van der Waals surface area contributed by atoms with Crippen molar-refractivity contribution in [2.24, 2.45) is 0 Å². The van der Waals surface area contributed by atoms with Gasteiger partial charge in [0, 0.05) is 61.2 Å². The maximum atomic E-state index is 12.3. The maximum Gasteiger partial charge on any atom is 0.410 e. The van der Waals surface area contributed by atoms with Crippen molar-refractivity contribution in [3.05, 3.63) is 55.2 Å². The van der Waals surface area contributed by atoms with Crippen molar-refractivity contribution in [3.63, 3.8) is 0 Å². The second-order valence-electron chi connectivity index (χ2n) is 8.98. The first-order chi connectivity index (χ1) is 15.9. The summed E-state index contributed by atoms with van der Waals surface area (Å²) in [7, 11) is 0. The fraction of sp³-hybridized carbons (Fsp3) is 0.375. The van der Waals surface area contributed by atoms with E-state index in [1.165, 1.54) is 0 Å². The van der Waals surface area contributed by atoms with Crippen LogP contribution in [0, 0.1) is 0 Å². The molecule has 0 aliphatic carbocycles. The van der Waals surface area contributed by atoms with Crippen molar-refractivity contribution in [3.8, 4) is 11.1 Å². The average molecular weight is 448 g/mol. The lowest BCUT2D eigenvalue weighted by atomic mass is 10.0. The van der Waals surface area contributed by atoms with Gasteiger partial charge in [-0.15, -0.1) is 0 Å². The molecule has 1 amide bonds. The van der Waals surface area contributed by atoms with Crippen LogP contribution in [0.2, 0.25) is 0 Å². The first-order valence-electron chi connectivity index (χ1n) is 11.1. The summed E-state index contributed by atoms with van der Waals surface area (Å²) >= 11 is 0. The van der Waals surface area contributed by atoms with E-state index in [-0.39, 0.29) is 12.1 Å². The van der Waals surface area contributed by atoms with E-state index in [1.54, 1.807) is 29.7 Å². The summed E-state index contributed by atoms with van der Waals surface area (Å²) in [4.78, 5) is 31.4. The summed E-state index contributed by atoms with van der Waals surface area (Å²) in [5.74, 6) is 1.17. The number of piperidine rings is 1. The number of hydrogen-bond acceptors (Lipinski definition) is 8.